The normalized spacial score (nSPS) is 16.8. The van der Waals surface area contributed by atoms with Crippen molar-refractivity contribution in [2.45, 2.75) is 58.2 Å². The largest absolute Gasteiger partial charge is 0.434 e. The minimum atomic E-state index is -2.84. The maximum absolute atomic E-state index is 12.4. The SMILES string of the molecule is Cc1ccc(OC(F)F)c(CN=C(N)NC2CCCCC2)c1. The van der Waals surface area contributed by atoms with Gasteiger partial charge in [-0.3, -0.25) is 0 Å². The summed E-state index contributed by atoms with van der Waals surface area (Å²) in [5.74, 6) is 0.506. The molecule has 6 heteroatoms. The van der Waals surface area contributed by atoms with Crippen molar-refractivity contribution in [3.8, 4) is 5.75 Å². The zero-order valence-corrected chi connectivity index (χ0v) is 12.8. The van der Waals surface area contributed by atoms with Crippen molar-refractivity contribution in [1.82, 2.24) is 5.32 Å². The first-order valence-electron chi connectivity index (χ1n) is 7.65. The number of nitrogens with two attached hydrogens (primary N) is 1. The summed E-state index contributed by atoms with van der Waals surface area (Å²) in [5, 5.41) is 3.20. The van der Waals surface area contributed by atoms with Gasteiger partial charge in [-0.2, -0.15) is 8.78 Å². The molecular formula is C16H23F2N3O. The van der Waals surface area contributed by atoms with Gasteiger partial charge in [0.2, 0.25) is 0 Å². The molecule has 22 heavy (non-hydrogen) atoms. The monoisotopic (exact) mass is 311 g/mol. The molecule has 2 rings (SSSR count). The van der Waals surface area contributed by atoms with Gasteiger partial charge in [0, 0.05) is 11.6 Å². The molecular weight excluding hydrogens is 288 g/mol. The lowest BCUT2D eigenvalue weighted by atomic mass is 9.96. The number of aryl methyl sites for hydroxylation is 1. The van der Waals surface area contributed by atoms with Gasteiger partial charge in [-0.05, 0) is 25.8 Å². The second kappa shape index (κ2) is 7.96. The van der Waals surface area contributed by atoms with Crippen LogP contribution in [0.4, 0.5) is 8.78 Å². The summed E-state index contributed by atoms with van der Waals surface area (Å²) in [5.41, 5.74) is 7.46. The van der Waals surface area contributed by atoms with Gasteiger partial charge in [0.15, 0.2) is 5.96 Å². The van der Waals surface area contributed by atoms with Crippen molar-refractivity contribution in [3.63, 3.8) is 0 Å². The van der Waals surface area contributed by atoms with Gasteiger partial charge in [0.05, 0.1) is 6.54 Å². The van der Waals surface area contributed by atoms with Gasteiger partial charge in [-0.15, -0.1) is 0 Å². The van der Waals surface area contributed by atoms with Crippen LogP contribution in [0.15, 0.2) is 23.2 Å². The van der Waals surface area contributed by atoms with E-state index in [0.29, 0.717) is 17.6 Å². The third-order valence-electron chi connectivity index (χ3n) is 3.81. The maximum atomic E-state index is 12.4. The summed E-state index contributed by atoms with van der Waals surface area (Å²) in [6.45, 7) is -0.735. The van der Waals surface area contributed by atoms with E-state index >= 15 is 0 Å². The lowest BCUT2D eigenvalue weighted by Gasteiger charge is -2.23. The third-order valence-corrected chi connectivity index (χ3v) is 3.81. The molecule has 0 saturated heterocycles. The predicted molar refractivity (Wildman–Crippen MR) is 83.1 cm³/mol. The van der Waals surface area contributed by atoms with E-state index in [4.69, 9.17) is 5.73 Å². The molecule has 1 aliphatic carbocycles. The highest BCUT2D eigenvalue weighted by Gasteiger charge is 2.14. The van der Waals surface area contributed by atoms with Crippen molar-refractivity contribution in [2.24, 2.45) is 10.7 Å². The topological polar surface area (TPSA) is 59.6 Å². The number of alkyl halides is 2. The number of hydrogen-bond acceptors (Lipinski definition) is 2. The molecule has 0 aliphatic heterocycles. The molecule has 0 amide bonds. The Bertz CT molecular complexity index is 514. The smallest absolute Gasteiger partial charge is 0.387 e. The van der Waals surface area contributed by atoms with Crippen molar-refractivity contribution >= 4 is 5.96 Å². The molecule has 3 N–H and O–H groups in total. The molecule has 0 radical (unpaired) electrons. The Morgan fingerprint density at radius 1 is 1.36 bits per heavy atom. The molecule has 1 fully saturated rings. The number of hydrogen-bond donors (Lipinski definition) is 2. The van der Waals surface area contributed by atoms with Crippen LogP contribution in [0.5, 0.6) is 5.75 Å². The van der Waals surface area contributed by atoms with Crippen molar-refractivity contribution in [2.75, 3.05) is 0 Å². The summed E-state index contributed by atoms with van der Waals surface area (Å²) in [6, 6.07) is 5.42. The van der Waals surface area contributed by atoms with Crippen LogP contribution in [0.1, 0.15) is 43.2 Å². The highest BCUT2D eigenvalue weighted by atomic mass is 19.3. The van der Waals surface area contributed by atoms with E-state index in [-0.39, 0.29) is 12.3 Å². The van der Waals surface area contributed by atoms with E-state index in [2.05, 4.69) is 15.0 Å². The fourth-order valence-corrected chi connectivity index (χ4v) is 2.71. The second-order valence-corrected chi connectivity index (χ2v) is 5.67. The predicted octanol–water partition coefficient (Wildman–Crippen LogP) is 3.33. The highest BCUT2D eigenvalue weighted by molar-refractivity contribution is 5.78. The number of rotatable bonds is 5. The average molecular weight is 311 g/mol. The number of aliphatic imine (C=N–C) groups is 1. The van der Waals surface area contributed by atoms with Crippen LogP contribution in [0.2, 0.25) is 0 Å². The fraction of sp³-hybridized carbons (Fsp3) is 0.562. The van der Waals surface area contributed by atoms with Crippen LogP contribution in [0.3, 0.4) is 0 Å². The summed E-state index contributed by atoms with van der Waals surface area (Å²) in [4.78, 5) is 4.26. The zero-order valence-electron chi connectivity index (χ0n) is 12.8. The second-order valence-electron chi connectivity index (χ2n) is 5.67. The fourth-order valence-electron chi connectivity index (χ4n) is 2.71. The lowest BCUT2D eigenvalue weighted by molar-refractivity contribution is -0.0504. The summed E-state index contributed by atoms with van der Waals surface area (Å²) >= 11 is 0. The molecule has 0 heterocycles. The zero-order chi connectivity index (χ0) is 15.9. The Hall–Kier alpha value is -1.85. The van der Waals surface area contributed by atoms with Crippen LogP contribution in [0.25, 0.3) is 0 Å². The number of nitrogens with one attached hydrogen (secondary N) is 1. The highest BCUT2D eigenvalue weighted by Crippen LogP contribution is 2.23. The molecule has 1 aliphatic rings. The van der Waals surface area contributed by atoms with Crippen molar-refractivity contribution in [3.05, 3.63) is 29.3 Å². The number of guanidine groups is 1. The third kappa shape index (κ3) is 5.16. The van der Waals surface area contributed by atoms with E-state index in [0.717, 1.165) is 18.4 Å². The standard InChI is InChI=1S/C16H23F2N3O/c1-11-7-8-14(22-15(17)18)12(9-11)10-20-16(19)21-13-5-3-2-4-6-13/h7-9,13,15H,2-6,10H2,1H3,(H3,19,20,21). The van der Waals surface area contributed by atoms with E-state index in [1.165, 1.54) is 25.3 Å². The van der Waals surface area contributed by atoms with Gasteiger partial charge < -0.3 is 15.8 Å². The van der Waals surface area contributed by atoms with E-state index in [1.54, 1.807) is 12.1 Å². The molecule has 1 saturated carbocycles. The molecule has 0 aromatic heterocycles. The number of nitrogens with zero attached hydrogens (tertiary/aromatic N) is 1. The number of halogens is 2. The van der Waals surface area contributed by atoms with Gasteiger partial charge in [0.25, 0.3) is 0 Å². The number of ether oxygens (including phenoxy) is 1. The van der Waals surface area contributed by atoms with Crippen LogP contribution < -0.4 is 15.8 Å². The summed E-state index contributed by atoms with van der Waals surface area (Å²) < 4.78 is 29.3. The molecule has 122 valence electrons. The molecule has 0 bridgehead atoms. The minimum Gasteiger partial charge on any atom is -0.434 e. The van der Waals surface area contributed by atoms with Crippen molar-refractivity contribution < 1.29 is 13.5 Å². The average Bonchev–Trinajstić information content (AvgIpc) is 2.48. The Kier molecular flexibility index (Phi) is 5.98. The first-order valence-corrected chi connectivity index (χ1v) is 7.65. The van der Waals surface area contributed by atoms with Gasteiger partial charge >= 0.3 is 6.61 Å². The maximum Gasteiger partial charge on any atom is 0.387 e. The van der Waals surface area contributed by atoms with Gasteiger partial charge in [-0.25, -0.2) is 4.99 Å². The Morgan fingerprint density at radius 2 is 2.09 bits per heavy atom. The van der Waals surface area contributed by atoms with Gasteiger partial charge in [-0.1, -0.05) is 37.0 Å². The Morgan fingerprint density at radius 3 is 2.77 bits per heavy atom. The minimum absolute atomic E-state index is 0.148. The Labute approximate surface area is 129 Å². The number of benzene rings is 1. The van der Waals surface area contributed by atoms with E-state index in [9.17, 15) is 8.78 Å². The van der Waals surface area contributed by atoms with Crippen LogP contribution in [-0.4, -0.2) is 18.6 Å². The quantitative estimate of drug-likeness (QED) is 0.648. The molecule has 0 atom stereocenters. The van der Waals surface area contributed by atoms with E-state index < -0.39 is 6.61 Å². The molecule has 4 nitrogen and oxygen atoms in total. The Balaban J connectivity index is 1.99. The van der Waals surface area contributed by atoms with Gasteiger partial charge in [0.1, 0.15) is 5.75 Å². The molecule has 0 spiro atoms. The first kappa shape index (κ1) is 16.5. The van der Waals surface area contributed by atoms with E-state index in [1.807, 2.05) is 6.92 Å². The van der Waals surface area contributed by atoms with Crippen LogP contribution >= 0.6 is 0 Å². The first-order chi connectivity index (χ1) is 10.5. The van der Waals surface area contributed by atoms with Crippen LogP contribution in [0, 0.1) is 6.92 Å². The summed E-state index contributed by atoms with van der Waals surface area (Å²) in [7, 11) is 0. The van der Waals surface area contributed by atoms with Crippen LogP contribution in [-0.2, 0) is 6.54 Å². The molecule has 1 aromatic rings. The summed E-state index contributed by atoms with van der Waals surface area (Å²) in [6.07, 6.45) is 5.87. The molecule has 1 aromatic carbocycles. The molecule has 0 unspecified atom stereocenters. The van der Waals surface area contributed by atoms with Crippen molar-refractivity contribution in [1.29, 1.82) is 0 Å². The lowest BCUT2D eigenvalue weighted by Crippen LogP contribution is -2.41.